The molecule has 0 aliphatic carbocycles. The van der Waals surface area contributed by atoms with Crippen LogP contribution in [0.2, 0.25) is 0 Å². The quantitative estimate of drug-likeness (QED) is 0.161. The summed E-state index contributed by atoms with van der Waals surface area (Å²) in [7, 11) is 0. The van der Waals surface area contributed by atoms with Crippen LogP contribution in [-0.4, -0.2) is 19.9 Å². The molecule has 0 fully saturated rings. The number of furan rings is 1. The highest BCUT2D eigenvalue weighted by Crippen LogP contribution is 2.48. The van der Waals surface area contributed by atoms with Gasteiger partial charge in [0, 0.05) is 54.7 Å². The van der Waals surface area contributed by atoms with E-state index in [0.717, 1.165) is 88.1 Å². The third-order valence-corrected chi connectivity index (χ3v) is 15.4. The standard InChI is InChI=1S/C70H40N4O/c1-2-17-41(18-3-1)68-72-69(74-70(73-68)45-34-36-55-51-26-7-5-22-47(51)49-24-9-11-28-53(49)59(55)39-45)44-20-16-19-42(37-44)64-65-56-29-12-14-31-61(56)71-67(60(65)40-63-66(64)57-30-13-15-32-62(57)75-63)43-33-35-54-50-25-6-4-21-46(50)48-23-8-10-27-52(48)58(54)38-43/h1-40H. The van der Waals surface area contributed by atoms with Crippen molar-refractivity contribution in [2.45, 2.75) is 0 Å². The summed E-state index contributed by atoms with van der Waals surface area (Å²) >= 11 is 0. The monoisotopic (exact) mass is 952 g/mol. The van der Waals surface area contributed by atoms with E-state index in [1.54, 1.807) is 0 Å². The van der Waals surface area contributed by atoms with Gasteiger partial charge in [0.2, 0.25) is 0 Å². The lowest BCUT2D eigenvalue weighted by Gasteiger charge is -2.17. The lowest BCUT2D eigenvalue weighted by Crippen LogP contribution is -2.00. The molecule has 0 radical (unpaired) electrons. The fourth-order valence-electron chi connectivity index (χ4n) is 12.1. The fourth-order valence-corrected chi connectivity index (χ4v) is 12.1. The number of fused-ring (bicyclic) bond motifs is 18. The molecule has 0 unspecified atom stereocenters. The maximum absolute atomic E-state index is 6.87. The van der Waals surface area contributed by atoms with Gasteiger partial charge in [-0.1, -0.05) is 206 Å². The van der Waals surface area contributed by atoms with Crippen molar-refractivity contribution in [3.8, 4) is 56.5 Å². The van der Waals surface area contributed by atoms with E-state index >= 15 is 0 Å². The normalized spacial score (nSPS) is 12.0. The molecule has 16 rings (SSSR count). The minimum absolute atomic E-state index is 0.584. The summed E-state index contributed by atoms with van der Waals surface area (Å²) in [5.41, 5.74) is 9.26. The van der Waals surface area contributed by atoms with Crippen LogP contribution < -0.4 is 0 Å². The number of nitrogens with zero attached hydrogens (tertiary/aromatic N) is 4. The zero-order chi connectivity index (χ0) is 49.1. The molecule has 0 aliphatic rings. The Bertz CT molecular complexity index is 5010. The van der Waals surface area contributed by atoms with Crippen LogP contribution in [0.4, 0.5) is 0 Å². The molecule has 0 bridgehead atoms. The van der Waals surface area contributed by atoms with Crippen LogP contribution in [0.15, 0.2) is 247 Å². The zero-order valence-electron chi connectivity index (χ0n) is 40.3. The van der Waals surface area contributed by atoms with Gasteiger partial charge in [-0.25, -0.2) is 19.9 Å². The first-order valence-electron chi connectivity index (χ1n) is 25.4. The Morgan fingerprint density at radius 2 is 0.653 bits per heavy atom. The van der Waals surface area contributed by atoms with Crippen molar-refractivity contribution >= 4 is 108 Å². The second-order valence-electron chi connectivity index (χ2n) is 19.6. The van der Waals surface area contributed by atoms with Crippen molar-refractivity contribution in [3.05, 3.63) is 243 Å². The number of pyridine rings is 1. The Kier molecular flexibility index (Phi) is 8.97. The van der Waals surface area contributed by atoms with Gasteiger partial charge >= 0.3 is 0 Å². The highest BCUT2D eigenvalue weighted by atomic mass is 16.3. The van der Waals surface area contributed by atoms with Crippen LogP contribution in [0, 0.1) is 0 Å². The average molecular weight is 953 g/mol. The summed E-state index contributed by atoms with van der Waals surface area (Å²) in [5, 5.41) is 19.9. The minimum atomic E-state index is 0.584. The molecule has 3 aromatic heterocycles. The van der Waals surface area contributed by atoms with Crippen molar-refractivity contribution in [1.82, 2.24) is 19.9 Å². The van der Waals surface area contributed by atoms with Gasteiger partial charge in [-0.15, -0.1) is 0 Å². The average Bonchev–Trinajstić information content (AvgIpc) is 3.87. The van der Waals surface area contributed by atoms with Crippen LogP contribution in [0.5, 0.6) is 0 Å². The molecule has 0 spiro atoms. The molecule has 0 saturated carbocycles. The zero-order valence-corrected chi connectivity index (χ0v) is 40.3. The third-order valence-electron chi connectivity index (χ3n) is 15.4. The number of rotatable bonds is 5. The molecule has 0 amide bonds. The SMILES string of the molecule is c1ccc(-c2nc(-c3cccc(-c4c5c(cc6c(-c7ccc8c9ccccc9c9ccccc9c8c7)nc7ccccc7c46)oc4ccccc45)c3)nc(-c3ccc4c5ccccc5c5ccccc5c4c3)n2)cc1. The molecule has 0 atom stereocenters. The molecule has 3 heterocycles. The first kappa shape index (κ1) is 41.5. The maximum atomic E-state index is 6.87. The smallest absolute Gasteiger partial charge is 0.164 e. The van der Waals surface area contributed by atoms with Crippen LogP contribution >= 0.6 is 0 Å². The second-order valence-corrected chi connectivity index (χ2v) is 19.6. The van der Waals surface area contributed by atoms with Gasteiger partial charge < -0.3 is 4.42 Å². The van der Waals surface area contributed by atoms with Crippen molar-refractivity contribution in [2.75, 3.05) is 0 Å². The Balaban J connectivity index is 0.946. The van der Waals surface area contributed by atoms with E-state index in [2.05, 4.69) is 218 Å². The van der Waals surface area contributed by atoms with E-state index in [1.165, 1.54) is 59.2 Å². The lowest BCUT2D eigenvalue weighted by molar-refractivity contribution is 0.669. The molecule has 5 heteroatoms. The van der Waals surface area contributed by atoms with E-state index < -0.39 is 0 Å². The molecule has 0 aliphatic heterocycles. The molecule has 346 valence electrons. The summed E-state index contributed by atoms with van der Waals surface area (Å²) in [6.07, 6.45) is 0. The maximum Gasteiger partial charge on any atom is 0.164 e. The second kappa shape index (κ2) is 16.2. The van der Waals surface area contributed by atoms with E-state index in [1.807, 2.05) is 24.3 Å². The summed E-state index contributed by atoms with van der Waals surface area (Å²) in [5.74, 6) is 1.80. The van der Waals surface area contributed by atoms with Gasteiger partial charge in [0.05, 0.1) is 11.2 Å². The molecule has 0 N–H and O–H groups in total. The van der Waals surface area contributed by atoms with E-state index in [4.69, 9.17) is 24.4 Å². The molecule has 16 aromatic rings. The van der Waals surface area contributed by atoms with E-state index in [9.17, 15) is 0 Å². The van der Waals surface area contributed by atoms with Crippen LogP contribution in [0.1, 0.15) is 0 Å². The molecular formula is C70H40N4O. The number of hydrogen-bond donors (Lipinski definition) is 0. The highest BCUT2D eigenvalue weighted by molar-refractivity contribution is 6.30. The van der Waals surface area contributed by atoms with Crippen molar-refractivity contribution < 1.29 is 4.42 Å². The largest absolute Gasteiger partial charge is 0.456 e. The minimum Gasteiger partial charge on any atom is -0.456 e. The first-order valence-corrected chi connectivity index (χ1v) is 25.4. The topological polar surface area (TPSA) is 64.7 Å². The molecule has 0 saturated heterocycles. The van der Waals surface area contributed by atoms with Gasteiger partial charge in [-0.3, -0.25) is 0 Å². The summed E-state index contributed by atoms with van der Waals surface area (Å²) < 4.78 is 6.87. The summed E-state index contributed by atoms with van der Waals surface area (Å²) in [4.78, 5) is 21.4. The highest BCUT2D eigenvalue weighted by Gasteiger charge is 2.24. The number of benzene rings is 13. The summed E-state index contributed by atoms with van der Waals surface area (Å²) in [6, 6.07) is 86.3. The fraction of sp³-hybridized carbons (Fsp3) is 0. The number of hydrogen-bond acceptors (Lipinski definition) is 5. The van der Waals surface area contributed by atoms with Crippen molar-refractivity contribution in [2.24, 2.45) is 0 Å². The number of para-hydroxylation sites is 2. The van der Waals surface area contributed by atoms with Gasteiger partial charge in [-0.2, -0.15) is 0 Å². The Morgan fingerprint density at radius 3 is 1.25 bits per heavy atom. The first-order chi connectivity index (χ1) is 37.2. The van der Waals surface area contributed by atoms with Gasteiger partial charge in [-0.05, 0) is 107 Å². The van der Waals surface area contributed by atoms with Gasteiger partial charge in [0.15, 0.2) is 17.5 Å². The van der Waals surface area contributed by atoms with Crippen LogP contribution in [0.25, 0.3) is 165 Å². The molecule has 75 heavy (non-hydrogen) atoms. The Morgan fingerprint density at radius 1 is 0.227 bits per heavy atom. The van der Waals surface area contributed by atoms with Crippen LogP contribution in [-0.2, 0) is 0 Å². The Hall–Kier alpha value is -10.1. The Labute approximate surface area is 429 Å². The molecular weight excluding hydrogens is 913 g/mol. The van der Waals surface area contributed by atoms with Gasteiger partial charge in [0.25, 0.3) is 0 Å². The predicted molar refractivity (Wildman–Crippen MR) is 312 cm³/mol. The molecule has 13 aromatic carbocycles. The van der Waals surface area contributed by atoms with Gasteiger partial charge in [0.1, 0.15) is 11.2 Å². The predicted octanol–water partition coefficient (Wildman–Crippen LogP) is 18.7. The molecule has 5 nitrogen and oxygen atoms in total. The summed E-state index contributed by atoms with van der Waals surface area (Å²) in [6.45, 7) is 0. The van der Waals surface area contributed by atoms with Crippen molar-refractivity contribution in [3.63, 3.8) is 0 Å². The number of aromatic nitrogens is 4. The van der Waals surface area contributed by atoms with Crippen molar-refractivity contribution in [1.29, 1.82) is 0 Å². The lowest BCUT2D eigenvalue weighted by atomic mass is 9.88. The van der Waals surface area contributed by atoms with E-state index in [-0.39, 0.29) is 0 Å². The van der Waals surface area contributed by atoms with Crippen LogP contribution in [0.3, 0.4) is 0 Å². The third kappa shape index (κ3) is 6.38. The van der Waals surface area contributed by atoms with E-state index in [0.29, 0.717) is 17.5 Å².